The molecule has 2 aromatic rings. The molecule has 2 atom stereocenters. The van der Waals surface area contributed by atoms with Crippen LogP contribution in [0.2, 0.25) is 0 Å². The van der Waals surface area contributed by atoms with Crippen molar-refractivity contribution < 1.29 is 19.1 Å². The summed E-state index contributed by atoms with van der Waals surface area (Å²) in [6.45, 7) is 11.5. The molecule has 0 saturated heterocycles. The van der Waals surface area contributed by atoms with Crippen molar-refractivity contribution in [3.8, 4) is 0 Å². The number of aryl methyl sites for hydroxylation is 1. The fourth-order valence-corrected chi connectivity index (χ4v) is 3.60. The molecule has 0 fully saturated rings. The van der Waals surface area contributed by atoms with E-state index in [1.54, 1.807) is 27.7 Å². The maximum atomic E-state index is 13.5. The number of carbonyl (C=O) groups excluding carboxylic acids is 3. The molecule has 0 aromatic heterocycles. The minimum atomic E-state index is -0.865. The molecular weight excluding hydrogens is 430 g/mol. The van der Waals surface area contributed by atoms with Crippen LogP contribution in [0.25, 0.3) is 0 Å². The van der Waals surface area contributed by atoms with Gasteiger partial charge in [0.25, 0.3) is 0 Å². The van der Waals surface area contributed by atoms with E-state index in [1.165, 1.54) is 4.90 Å². The van der Waals surface area contributed by atoms with Gasteiger partial charge in [-0.25, -0.2) is 4.79 Å². The Morgan fingerprint density at radius 2 is 1.71 bits per heavy atom. The Bertz CT molecular complexity index is 969. The summed E-state index contributed by atoms with van der Waals surface area (Å²) in [5.41, 5.74) is 1.99. The van der Waals surface area contributed by atoms with Crippen LogP contribution in [0.15, 0.2) is 54.6 Å². The number of benzene rings is 2. The van der Waals surface area contributed by atoms with Crippen LogP contribution in [-0.2, 0) is 20.9 Å². The minimum Gasteiger partial charge on any atom is -0.444 e. The first kappa shape index (κ1) is 26.9. The molecule has 0 aliphatic rings. The fourth-order valence-electron chi connectivity index (χ4n) is 3.60. The first-order valence-corrected chi connectivity index (χ1v) is 11.7. The van der Waals surface area contributed by atoms with Crippen LogP contribution in [0.4, 0.5) is 4.79 Å². The Balaban J connectivity index is 2.30. The topological polar surface area (TPSA) is 87.7 Å². The second-order valence-corrected chi connectivity index (χ2v) is 9.42. The third kappa shape index (κ3) is 8.21. The van der Waals surface area contributed by atoms with E-state index in [4.69, 9.17) is 4.74 Å². The number of hydrogen-bond acceptors (Lipinski definition) is 4. The van der Waals surface area contributed by atoms with E-state index < -0.39 is 23.8 Å². The molecule has 2 unspecified atom stereocenters. The smallest absolute Gasteiger partial charge is 0.408 e. The lowest BCUT2D eigenvalue weighted by Gasteiger charge is -2.33. The molecule has 34 heavy (non-hydrogen) atoms. The zero-order valence-corrected chi connectivity index (χ0v) is 21.1. The van der Waals surface area contributed by atoms with E-state index in [9.17, 15) is 14.4 Å². The van der Waals surface area contributed by atoms with Crippen LogP contribution in [0.3, 0.4) is 0 Å². The Kier molecular flexibility index (Phi) is 9.66. The highest BCUT2D eigenvalue weighted by Crippen LogP contribution is 2.24. The Morgan fingerprint density at radius 3 is 2.29 bits per heavy atom. The number of carbonyl (C=O) groups is 3. The van der Waals surface area contributed by atoms with Crippen molar-refractivity contribution in [2.24, 2.45) is 0 Å². The van der Waals surface area contributed by atoms with Crippen LogP contribution in [-0.4, -0.2) is 41.0 Å². The van der Waals surface area contributed by atoms with Crippen molar-refractivity contribution in [1.29, 1.82) is 0 Å². The molecule has 7 heteroatoms. The number of rotatable bonds is 9. The largest absolute Gasteiger partial charge is 0.444 e. The minimum absolute atomic E-state index is 0.277. The van der Waals surface area contributed by atoms with Crippen LogP contribution < -0.4 is 10.6 Å². The summed E-state index contributed by atoms with van der Waals surface area (Å²) in [6, 6.07) is 15.5. The molecule has 2 rings (SSSR count). The monoisotopic (exact) mass is 467 g/mol. The molecule has 0 aliphatic carbocycles. The van der Waals surface area contributed by atoms with Crippen LogP contribution >= 0.6 is 0 Å². The molecule has 184 valence electrons. The van der Waals surface area contributed by atoms with E-state index in [-0.39, 0.29) is 11.8 Å². The number of amides is 3. The maximum absolute atomic E-state index is 13.5. The summed E-state index contributed by atoms with van der Waals surface area (Å²) in [6.07, 6.45) is -0.0236. The van der Waals surface area contributed by atoms with Gasteiger partial charge in [-0.05, 0) is 52.2 Å². The van der Waals surface area contributed by atoms with E-state index in [0.717, 1.165) is 16.7 Å². The van der Waals surface area contributed by atoms with E-state index in [2.05, 4.69) is 10.6 Å². The highest BCUT2D eigenvalue weighted by molar-refractivity contribution is 5.92. The molecular formula is C27H37N3O4. The van der Waals surface area contributed by atoms with Gasteiger partial charge in [-0.1, -0.05) is 67.1 Å². The quantitative estimate of drug-likeness (QED) is 0.568. The molecule has 0 radical (unpaired) electrons. The third-order valence-corrected chi connectivity index (χ3v) is 5.08. The van der Waals surface area contributed by atoms with Gasteiger partial charge in [0.1, 0.15) is 17.7 Å². The number of nitrogens with zero attached hydrogens (tertiary/aromatic N) is 1. The predicted octanol–water partition coefficient (Wildman–Crippen LogP) is 4.50. The van der Waals surface area contributed by atoms with Gasteiger partial charge >= 0.3 is 6.09 Å². The van der Waals surface area contributed by atoms with Crippen molar-refractivity contribution in [3.05, 3.63) is 71.3 Å². The molecule has 3 amide bonds. The molecule has 0 aliphatic heterocycles. The molecule has 0 heterocycles. The van der Waals surface area contributed by atoms with Gasteiger partial charge in [-0.2, -0.15) is 0 Å². The third-order valence-electron chi connectivity index (χ3n) is 5.08. The van der Waals surface area contributed by atoms with E-state index >= 15 is 0 Å². The molecule has 0 saturated carbocycles. The molecule has 0 bridgehead atoms. The Labute approximate surface area is 202 Å². The van der Waals surface area contributed by atoms with Crippen molar-refractivity contribution in [3.63, 3.8) is 0 Å². The molecule has 2 N–H and O–H groups in total. The van der Waals surface area contributed by atoms with Gasteiger partial charge in [0, 0.05) is 13.1 Å². The maximum Gasteiger partial charge on any atom is 0.408 e. The van der Waals surface area contributed by atoms with Gasteiger partial charge < -0.3 is 20.3 Å². The lowest BCUT2D eigenvalue weighted by molar-refractivity contribution is -0.142. The average molecular weight is 468 g/mol. The second-order valence-electron chi connectivity index (χ2n) is 9.42. The highest BCUT2D eigenvalue weighted by atomic mass is 16.6. The summed E-state index contributed by atoms with van der Waals surface area (Å²) in [5, 5.41) is 5.58. The summed E-state index contributed by atoms with van der Waals surface area (Å²) in [4.78, 5) is 40.7. The van der Waals surface area contributed by atoms with Gasteiger partial charge in [-0.15, -0.1) is 0 Å². The number of ether oxygens (including phenoxy) is 1. The van der Waals surface area contributed by atoms with E-state index in [1.807, 2.05) is 68.4 Å². The van der Waals surface area contributed by atoms with Crippen molar-refractivity contribution in [1.82, 2.24) is 15.5 Å². The van der Waals surface area contributed by atoms with Crippen LogP contribution in [0.5, 0.6) is 0 Å². The molecule has 7 nitrogen and oxygen atoms in total. The summed E-state index contributed by atoms with van der Waals surface area (Å²) in [7, 11) is 0. The van der Waals surface area contributed by atoms with Gasteiger partial charge in [0.15, 0.2) is 0 Å². The zero-order chi connectivity index (χ0) is 25.3. The Morgan fingerprint density at radius 1 is 1.03 bits per heavy atom. The molecule has 2 aromatic carbocycles. The first-order chi connectivity index (χ1) is 16.0. The lowest BCUT2D eigenvalue weighted by atomic mass is 10.0. The highest BCUT2D eigenvalue weighted by Gasteiger charge is 2.34. The second kappa shape index (κ2) is 12.2. The van der Waals surface area contributed by atoms with E-state index in [0.29, 0.717) is 19.5 Å². The van der Waals surface area contributed by atoms with Crippen molar-refractivity contribution >= 4 is 17.9 Å². The fraction of sp³-hybridized carbons (Fsp3) is 0.444. The summed E-state index contributed by atoms with van der Waals surface area (Å²) < 4.78 is 5.29. The number of alkyl carbamates (subject to hydrolysis) is 1. The SMILES string of the molecule is CCCN(C(=O)C(C)NC(=O)OC(C)(C)C)C(C(=O)NCc1ccccc1)c1cccc(C)c1. The normalized spacial score (nSPS) is 12.9. The number of hydrogen-bond donors (Lipinski definition) is 2. The van der Waals surface area contributed by atoms with Gasteiger partial charge in [0.05, 0.1) is 0 Å². The molecule has 0 spiro atoms. The van der Waals surface area contributed by atoms with Gasteiger partial charge in [0.2, 0.25) is 11.8 Å². The van der Waals surface area contributed by atoms with Crippen molar-refractivity contribution in [2.75, 3.05) is 6.54 Å². The summed E-state index contributed by atoms with van der Waals surface area (Å²) >= 11 is 0. The zero-order valence-electron chi connectivity index (χ0n) is 21.1. The summed E-state index contributed by atoms with van der Waals surface area (Å²) in [5.74, 6) is -0.630. The average Bonchev–Trinajstić information content (AvgIpc) is 2.76. The van der Waals surface area contributed by atoms with Crippen molar-refractivity contribution in [2.45, 2.75) is 72.2 Å². The van der Waals surface area contributed by atoms with Crippen LogP contribution in [0.1, 0.15) is 63.8 Å². The first-order valence-electron chi connectivity index (χ1n) is 11.7. The number of nitrogens with one attached hydrogen (secondary N) is 2. The lowest BCUT2D eigenvalue weighted by Crippen LogP contribution is -2.52. The standard InChI is InChI=1S/C27H37N3O4/c1-7-16-30(25(32)20(3)29-26(33)34-27(4,5)6)23(22-15-11-12-19(2)17-22)24(31)28-18-21-13-9-8-10-14-21/h8-15,17,20,23H,7,16,18H2,1-6H3,(H,28,31)(H,29,33). The predicted molar refractivity (Wildman–Crippen MR) is 133 cm³/mol. The van der Waals surface area contributed by atoms with Crippen LogP contribution in [0, 0.1) is 6.92 Å². The van der Waals surface area contributed by atoms with Gasteiger partial charge in [-0.3, -0.25) is 9.59 Å². The Hall–Kier alpha value is -3.35.